The van der Waals surface area contributed by atoms with Crippen molar-refractivity contribution in [1.82, 2.24) is 9.80 Å². The first-order chi connectivity index (χ1) is 11.5. The second-order valence-electron chi connectivity index (χ2n) is 7.12. The summed E-state index contributed by atoms with van der Waals surface area (Å²) < 4.78 is 14.3. The van der Waals surface area contributed by atoms with E-state index in [4.69, 9.17) is 0 Å². The van der Waals surface area contributed by atoms with Crippen LogP contribution in [0.1, 0.15) is 44.2 Å². The lowest BCUT2D eigenvalue weighted by Gasteiger charge is -2.41. The number of amides is 2. The van der Waals surface area contributed by atoms with E-state index in [1.807, 2.05) is 4.90 Å². The van der Waals surface area contributed by atoms with Gasteiger partial charge in [0.15, 0.2) is 0 Å². The van der Waals surface area contributed by atoms with Crippen LogP contribution in [0.4, 0.5) is 4.39 Å². The van der Waals surface area contributed by atoms with Crippen LogP contribution in [0, 0.1) is 17.7 Å². The molecule has 0 bridgehead atoms. The highest BCUT2D eigenvalue weighted by Gasteiger charge is 2.41. The van der Waals surface area contributed by atoms with Gasteiger partial charge in [-0.25, -0.2) is 4.39 Å². The molecule has 1 aromatic rings. The molecule has 3 rings (SSSR count). The predicted octanol–water partition coefficient (Wildman–Crippen LogP) is 2.99. The number of hydrogen-bond acceptors (Lipinski definition) is 2. The molecule has 0 aliphatic carbocycles. The predicted molar refractivity (Wildman–Crippen MR) is 89.6 cm³/mol. The molecular weight excluding hydrogens is 307 g/mol. The van der Waals surface area contributed by atoms with Crippen molar-refractivity contribution < 1.29 is 14.0 Å². The summed E-state index contributed by atoms with van der Waals surface area (Å²) in [4.78, 5) is 28.7. The maximum atomic E-state index is 14.3. The van der Waals surface area contributed by atoms with Crippen molar-refractivity contribution in [2.75, 3.05) is 20.1 Å². The maximum Gasteiger partial charge on any atom is 0.228 e. The molecule has 2 aliphatic heterocycles. The topological polar surface area (TPSA) is 40.6 Å². The van der Waals surface area contributed by atoms with Gasteiger partial charge in [0.2, 0.25) is 11.8 Å². The van der Waals surface area contributed by atoms with Gasteiger partial charge in [0.25, 0.3) is 0 Å². The van der Waals surface area contributed by atoms with Gasteiger partial charge >= 0.3 is 0 Å². The second-order valence-corrected chi connectivity index (χ2v) is 7.12. The molecule has 0 unspecified atom stereocenters. The van der Waals surface area contributed by atoms with E-state index >= 15 is 0 Å². The van der Waals surface area contributed by atoms with Crippen molar-refractivity contribution in [1.29, 1.82) is 0 Å². The van der Waals surface area contributed by atoms with Crippen LogP contribution in [0.3, 0.4) is 0 Å². The van der Waals surface area contributed by atoms with Crippen LogP contribution in [0.25, 0.3) is 0 Å². The lowest BCUT2D eigenvalue weighted by molar-refractivity contribution is -0.147. The smallest absolute Gasteiger partial charge is 0.228 e. The number of benzene rings is 1. The molecule has 1 aromatic carbocycles. The number of rotatable bonds is 2. The third kappa shape index (κ3) is 3.17. The van der Waals surface area contributed by atoms with Gasteiger partial charge in [0.1, 0.15) is 5.82 Å². The molecule has 0 saturated carbocycles. The zero-order valence-corrected chi connectivity index (χ0v) is 14.4. The lowest BCUT2D eigenvalue weighted by Crippen LogP contribution is -2.49. The van der Waals surface area contributed by atoms with Crippen LogP contribution < -0.4 is 0 Å². The zero-order chi connectivity index (χ0) is 17.3. The van der Waals surface area contributed by atoms with Gasteiger partial charge in [-0.1, -0.05) is 25.1 Å². The van der Waals surface area contributed by atoms with Gasteiger partial charge in [0.05, 0.1) is 12.0 Å². The molecule has 5 heteroatoms. The quantitative estimate of drug-likeness (QED) is 0.835. The van der Waals surface area contributed by atoms with Gasteiger partial charge in [-0.05, 0) is 31.2 Å². The summed E-state index contributed by atoms with van der Waals surface area (Å²) in [7, 11) is 1.68. The Morgan fingerprint density at radius 2 is 1.83 bits per heavy atom. The Hall–Kier alpha value is -1.91. The van der Waals surface area contributed by atoms with Gasteiger partial charge < -0.3 is 9.80 Å². The molecule has 2 aliphatic rings. The van der Waals surface area contributed by atoms with E-state index in [-0.39, 0.29) is 23.5 Å². The molecule has 2 amide bonds. The summed E-state index contributed by atoms with van der Waals surface area (Å²) in [5.74, 6) is -0.0341. The summed E-state index contributed by atoms with van der Waals surface area (Å²) in [6.45, 7) is 3.73. The first-order valence-corrected chi connectivity index (χ1v) is 8.78. The van der Waals surface area contributed by atoms with E-state index in [2.05, 4.69) is 6.92 Å². The van der Waals surface area contributed by atoms with Crippen molar-refractivity contribution >= 4 is 11.8 Å². The number of hydrogen-bond donors (Lipinski definition) is 0. The highest BCUT2D eigenvalue weighted by Crippen LogP contribution is 2.38. The molecule has 130 valence electrons. The SMILES string of the molecule is CC1CCN(C(=O)[C@H]2CCC(=O)N(C)[C@H]2c2ccccc2F)CC1. The molecular formula is C19H25FN2O2. The van der Waals surface area contributed by atoms with E-state index in [0.717, 1.165) is 25.9 Å². The van der Waals surface area contributed by atoms with E-state index < -0.39 is 6.04 Å². The number of carbonyl (C=O) groups excluding carboxylic acids is 2. The summed E-state index contributed by atoms with van der Waals surface area (Å²) in [6.07, 6.45) is 2.87. The maximum absolute atomic E-state index is 14.3. The molecule has 2 fully saturated rings. The highest BCUT2D eigenvalue weighted by molar-refractivity contribution is 5.85. The number of piperidine rings is 2. The summed E-state index contributed by atoms with van der Waals surface area (Å²) in [5, 5.41) is 0. The Morgan fingerprint density at radius 1 is 1.17 bits per heavy atom. The van der Waals surface area contributed by atoms with Crippen LogP contribution in [0.2, 0.25) is 0 Å². The minimum absolute atomic E-state index is 0.0282. The molecule has 0 radical (unpaired) electrons. The van der Waals surface area contributed by atoms with Gasteiger partial charge in [-0.15, -0.1) is 0 Å². The molecule has 24 heavy (non-hydrogen) atoms. The first-order valence-electron chi connectivity index (χ1n) is 8.78. The van der Waals surface area contributed by atoms with Crippen molar-refractivity contribution in [3.63, 3.8) is 0 Å². The molecule has 2 heterocycles. The van der Waals surface area contributed by atoms with Crippen LogP contribution in [0.15, 0.2) is 24.3 Å². The summed E-state index contributed by atoms with van der Waals surface area (Å²) >= 11 is 0. The Labute approximate surface area is 142 Å². The third-order valence-corrected chi connectivity index (χ3v) is 5.50. The Bertz CT molecular complexity index is 626. The largest absolute Gasteiger partial charge is 0.342 e. The average Bonchev–Trinajstić information content (AvgIpc) is 2.58. The standard InChI is InChI=1S/C19H25FN2O2/c1-13-9-11-22(12-10-13)19(24)15-7-8-17(23)21(2)18(15)14-5-3-4-6-16(14)20/h3-6,13,15,18H,7-12H2,1-2H3/t15-,18-/m0/s1. The van der Waals surface area contributed by atoms with E-state index in [1.165, 1.54) is 6.07 Å². The molecule has 2 saturated heterocycles. The molecule has 0 spiro atoms. The van der Waals surface area contributed by atoms with E-state index in [1.54, 1.807) is 30.1 Å². The fraction of sp³-hybridized carbons (Fsp3) is 0.579. The van der Waals surface area contributed by atoms with Crippen molar-refractivity contribution in [2.45, 2.75) is 38.6 Å². The average molecular weight is 332 g/mol. The highest BCUT2D eigenvalue weighted by atomic mass is 19.1. The van der Waals surface area contributed by atoms with Gasteiger partial charge in [-0.3, -0.25) is 9.59 Å². The first kappa shape index (κ1) is 16.9. The number of nitrogens with zero attached hydrogens (tertiary/aromatic N) is 2. The number of halogens is 1. The third-order valence-electron chi connectivity index (χ3n) is 5.50. The molecule has 0 aromatic heterocycles. The fourth-order valence-electron chi connectivity index (χ4n) is 3.90. The van der Waals surface area contributed by atoms with Crippen LogP contribution in [-0.4, -0.2) is 41.8 Å². The fourth-order valence-corrected chi connectivity index (χ4v) is 3.90. The van der Waals surface area contributed by atoms with Crippen LogP contribution in [0.5, 0.6) is 0 Å². The van der Waals surface area contributed by atoms with E-state index in [0.29, 0.717) is 24.3 Å². The Morgan fingerprint density at radius 3 is 2.50 bits per heavy atom. The van der Waals surface area contributed by atoms with Crippen molar-refractivity contribution in [3.05, 3.63) is 35.6 Å². The molecule has 2 atom stereocenters. The van der Waals surface area contributed by atoms with Gasteiger partial charge in [-0.2, -0.15) is 0 Å². The second kappa shape index (κ2) is 6.91. The number of carbonyl (C=O) groups is 2. The van der Waals surface area contributed by atoms with Crippen LogP contribution >= 0.6 is 0 Å². The van der Waals surface area contributed by atoms with Crippen molar-refractivity contribution in [2.24, 2.45) is 11.8 Å². The lowest BCUT2D eigenvalue weighted by atomic mass is 9.83. The Kier molecular flexibility index (Phi) is 4.88. The number of likely N-dealkylation sites (tertiary alicyclic amines) is 2. The minimum atomic E-state index is -0.515. The molecule has 0 N–H and O–H groups in total. The van der Waals surface area contributed by atoms with Crippen molar-refractivity contribution in [3.8, 4) is 0 Å². The normalized spacial score (nSPS) is 25.9. The summed E-state index contributed by atoms with van der Waals surface area (Å²) in [6, 6.07) is 5.96. The van der Waals surface area contributed by atoms with Crippen LogP contribution in [-0.2, 0) is 9.59 Å². The monoisotopic (exact) mass is 332 g/mol. The summed E-state index contributed by atoms with van der Waals surface area (Å²) in [5.41, 5.74) is 0.441. The van der Waals surface area contributed by atoms with Gasteiger partial charge in [0, 0.05) is 32.1 Å². The zero-order valence-electron chi connectivity index (χ0n) is 14.4. The van der Waals surface area contributed by atoms with E-state index in [9.17, 15) is 14.0 Å². The molecule has 4 nitrogen and oxygen atoms in total. The Balaban J connectivity index is 1.88. The minimum Gasteiger partial charge on any atom is -0.342 e.